The molecule has 0 spiro atoms. The number of benzene rings is 2. The van der Waals surface area contributed by atoms with E-state index in [1.807, 2.05) is 55.5 Å². The van der Waals surface area contributed by atoms with Crippen LogP contribution in [0.4, 0.5) is 11.5 Å². The van der Waals surface area contributed by atoms with Crippen LogP contribution in [-0.4, -0.2) is 26.8 Å². The Kier molecular flexibility index (Phi) is 4.41. The molecule has 0 saturated carbocycles. The Labute approximate surface area is 155 Å². The highest BCUT2D eigenvalue weighted by Crippen LogP contribution is 2.29. The van der Waals surface area contributed by atoms with Crippen LogP contribution in [0.15, 0.2) is 54.7 Å². The molecule has 130 valence electrons. The molecule has 2 heterocycles. The molecule has 0 amide bonds. The first-order valence-corrected chi connectivity index (χ1v) is 8.58. The molecule has 0 aliphatic heterocycles. The quantitative estimate of drug-likeness (QED) is 0.496. The first kappa shape index (κ1) is 16.4. The summed E-state index contributed by atoms with van der Waals surface area (Å²) in [6.07, 6.45) is 1.80. The highest BCUT2D eigenvalue weighted by atomic mass is 35.5. The fraction of sp³-hybridized carbons (Fsp3) is 0.105. The Morgan fingerprint density at radius 3 is 2.65 bits per heavy atom. The molecule has 2 aromatic heterocycles. The lowest BCUT2D eigenvalue weighted by Crippen LogP contribution is -1.98. The van der Waals surface area contributed by atoms with E-state index in [2.05, 4.69) is 25.5 Å². The first-order valence-electron chi connectivity index (χ1n) is 8.20. The molecule has 6 nitrogen and oxygen atoms in total. The fourth-order valence-electron chi connectivity index (χ4n) is 2.71. The highest BCUT2D eigenvalue weighted by Gasteiger charge is 2.09. The number of fused-ring (bicyclic) bond motifs is 1. The van der Waals surface area contributed by atoms with Crippen molar-refractivity contribution >= 4 is 34.0 Å². The summed E-state index contributed by atoms with van der Waals surface area (Å²) >= 11 is 6.08. The lowest BCUT2D eigenvalue weighted by atomic mass is 10.1. The van der Waals surface area contributed by atoms with Crippen molar-refractivity contribution < 1.29 is 4.74 Å². The van der Waals surface area contributed by atoms with E-state index in [9.17, 15) is 0 Å². The molecule has 0 aliphatic rings. The van der Waals surface area contributed by atoms with Crippen LogP contribution in [0.5, 0.6) is 5.75 Å². The number of anilines is 2. The maximum absolute atomic E-state index is 6.08. The van der Waals surface area contributed by atoms with Gasteiger partial charge in [0, 0.05) is 22.8 Å². The largest absolute Gasteiger partial charge is 0.494 e. The van der Waals surface area contributed by atoms with Gasteiger partial charge in [-0.2, -0.15) is 10.1 Å². The van der Waals surface area contributed by atoms with Crippen molar-refractivity contribution in [3.8, 4) is 17.0 Å². The summed E-state index contributed by atoms with van der Waals surface area (Å²) < 4.78 is 5.58. The van der Waals surface area contributed by atoms with Crippen molar-refractivity contribution in [1.29, 1.82) is 0 Å². The van der Waals surface area contributed by atoms with E-state index in [1.54, 1.807) is 6.20 Å². The Balaban J connectivity index is 1.68. The van der Waals surface area contributed by atoms with E-state index in [4.69, 9.17) is 16.3 Å². The molecular weight excluding hydrogens is 350 g/mol. The second-order valence-corrected chi connectivity index (χ2v) is 5.95. The molecule has 4 rings (SSSR count). The van der Waals surface area contributed by atoms with Gasteiger partial charge in [-0.25, -0.2) is 4.98 Å². The average molecular weight is 366 g/mol. The zero-order valence-electron chi connectivity index (χ0n) is 14.0. The average Bonchev–Trinajstić information content (AvgIpc) is 3.18. The molecule has 26 heavy (non-hydrogen) atoms. The maximum Gasteiger partial charge on any atom is 0.224 e. The topological polar surface area (TPSA) is 75.7 Å². The van der Waals surface area contributed by atoms with Crippen LogP contribution in [0.3, 0.4) is 0 Å². The van der Waals surface area contributed by atoms with Gasteiger partial charge in [0.05, 0.1) is 17.8 Å². The van der Waals surface area contributed by atoms with E-state index >= 15 is 0 Å². The minimum absolute atomic E-state index is 0.192. The van der Waals surface area contributed by atoms with Crippen molar-refractivity contribution in [3.63, 3.8) is 0 Å². The van der Waals surface area contributed by atoms with E-state index in [0.717, 1.165) is 33.6 Å². The lowest BCUT2D eigenvalue weighted by molar-refractivity contribution is 0.340. The second-order valence-electron chi connectivity index (χ2n) is 5.62. The van der Waals surface area contributed by atoms with E-state index in [1.165, 1.54) is 0 Å². The predicted octanol–water partition coefficient (Wildman–Crippen LogP) is 4.82. The van der Waals surface area contributed by atoms with Gasteiger partial charge in [-0.05, 0) is 54.9 Å². The van der Waals surface area contributed by atoms with Crippen molar-refractivity contribution in [2.75, 3.05) is 11.9 Å². The molecule has 0 unspecified atom stereocenters. The third-order valence-electron chi connectivity index (χ3n) is 3.90. The summed E-state index contributed by atoms with van der Waals surface area (Å²) in [5.41, 5.74) is 3.57. The molecule has 2 N–H and O–H groups in total. The molecule has 0 bridgehead atoms. The summed E-state index contributed by atoms with van der Waals surface area (Å²) in [6, 6.07) is 15.5. The Morgan fingerprint density at radius 2 is 1.92 bits per heavy atom. The normalized spacial score (nSPS) is 10.8. The molecule has 4 aromatic rings. The number of aromatic nitrogens is 4. The van der Waals surface area contributed by atoms with Gasteiger partial charge in [0.2, 0.25) is 5.28 Å². The maximum atomic E-state index is 6.08. The number of rotatable bonds is 5. The molecular formula is C19H16ClN5O. The van der Waals surface area contributed by atoms with E-state index < -0.39 is 0 Å². The zero-order valence-corrected chi connectivity index (χ0v) is 14.8. The van der Waals surface area contributed by atoms with Crippen molar-refractivity contribution in [3.05, 3.63) is 60.0 Å². The monoisotopic (exact) mass is 365 g/mol. The molecule has 0 fully saturated rings. The summed E-state index contributed by atoms with van der Waals surface area (Å²) in [7, 11) is 0. The van der Waals surface area contributed by atoms with Gasteiger partial charge < -0.3 is 10.1 Å². The van der Waals surface area contributed by atoms with Crippen molar-refractivity contribution in [1.82, 2.24) is 20.2 Å². The minimum atomic E-state index is 0.192. The SMILES string of the molecule is CCOc1ccc2nc(Cl)nc(Nc3ccc(-c4cc[nH]n4)cc3)c2c1. The summed E-state index contributed by atoms with van der Waals surface area (Å²) in [6.45, 7) is 2.54. The van der Waals surface area contributed by atoms with Gasteiger partial charge in [0.25, 0.3) is 0 Å². The number of nitrogens with one attached hydrogen (secondary N) is 2. The van der Waals surface area contributed by atoms with Crippen LogP contribution < -0.4 is 10.1 Å². The van der Waals surface area contributed by atoms with Crippen molar-refractivity contribution in [2.24, 2.45) is 0 Å². The summed E-state index contributed by atoms with van der Waals surface area (Å²) in [5, 5.41) is 11.3. The summed E-state index contributed by atoms with van der Waals surface area (Å²) in [4.78, 5) is 8.61. The fourth-order valence-corrected chi connectivity index (χ4v) is 2.89. The second kappa shape index (κ2) is 7.01. The highest BCUT2D eigenvalue weighted by molar-refractivity contribution is 6.28. The van der Waals surface area contributed by atoms with Crippen LogP contribution in [0.2, 0.25) is 5.28 Å². The zero-order chi connectivity index (χ0) is 17.9. The van der Waals surface area contributed by atoms with Gasteiger partial charge in [-0.3, -0.25) is 5.10 Å². The Morgan fingerprint density at radius 1 is 1.08 bits per heavy atom. The van der Waals surface area contributed by atoms with Crippen molar-refractivity contribution in [2.45, 2.75) is 6.92 Å². The van der Waals surface area contributed by atoms with Crippen LogP contribution in [0.25, 0.3) is 22.2 Å². The number of H-pyrrole nitrogens is 1. The molecule has 0 saturated heterocycles. The van der Waals surface area contributed by atoms with Gasteiger partial charge in [0.1, 0.15) is 11.6 Å². The lowest BCUT2D eigenvalue weighted by Gasteiger charge is -2.11. The summed E-state index contributed by atoms with van der Waals surface area (Å²) in [5.74, 6) is 1.40. The molecule has 2 aromatic carbocycles. The molecule has 7 heteroatoms. The number of hydrogen-bond acceptors (Lipinski definition) is 5. The smallest absolute Gasteiger partial charge is 0.224 e. The third kappa shape index (κ3) is 3.32. The van der Waals surface area contributed by atoms with E-state index in [-0.39, 0.29) is 5.28 Å². The number of ether oxygens (including phenoxy) is 1. The van der Waals surface area contributed by atoms with Gasteiger partial charge in [0.15, 0.2) is 0 Å². The molecule has 0 atom stereocenters. The van der Waals surface area contributed by atoms with Gasteiger partial charge >= 0.3 is 0 Å². The van der Waals surface area contributed by atoms with Crippen LogP contribution in [0, 0.1) is 0 Å². The van der Waals surface area contributed by atoms with Crippen LogP contribution in [0.1, 0.15) is 6.92 Å². The van der Waals surface area contributed by atoms with Crippen LogP contribution in [-0.2, 0) is 0 Å². The van der Waals surface area contributed by atoms with Gasteiger partial charge in [-0.15, -0.1) is 0 Å². The minimum Gasteiger partial charge on any atom is -0.494 e. The number of nitrogens with zero attached hydrogens (tertiary/aromatic N) is 3. The number of aromatic amines is 1. The standard InChI is InChI=1S/C19H16ClN5O/c1-2-26-14-7-8-17-15(11-14)18(24-19(20)23-17)22-13-5-3-12(4-6-13)16-9-10-21-25-16/h3-11H,2H2,1H3,(H,21,25)(H,22,23,24). The molecule has 0 aliphatic carbocycles. The number of hydrogen-bond donors (Lipinski definition) is 2. The van der Waals surface area contributed by atoms with Gasteiger partial charge in [-0.1, -0.05) is 12.1 Å². The van der Waals surface area contributed by atoms with Crippen LogP contribution >= 0.6 is 11.6 Å². The number of halogens is 1. The predicted molar refractivity (Wildman–Crippen MR) is 103 cm³/mol. The third-order valence-corrected chi connectivity index (χ3v) is 4.06. The molecule has 0 radical (unpaired) electrons. The Bertz CT molecular complexity index is 1030. The Hall–Kier alpha value is -3.12. The first-order chi connectivity index (χ1) is 12.7. The van der Waals surface area contributed by atoms with E-state index in [0.29, 0.717) is 12.4 Å².